The summed E-state index contributed by atoms with van der Waals surface area (Å²) in [6.07, 6.45) is 0.595. The van der Waals surface area contributed by atoms with Gasteiger partial charge in [0.15, 0.2) is 6.29 Å². The first-order valence-electron chi connectivity index (χ1n) is 5.20. The van der Waals surface area contributed by atoms with Crippen molar-refractivity contribution in [3.8, 4) is 0 Å². The smallest absolute Gasteiger partial charge is 0.201 e. The number of hydrogen-bond donors (Lipinski definition) is 0. The van der Waals surface area contributed by atoms with Gasteiger partial charge in [-0.15, -0.1) is 0 Å². The molecule has 1 fully saturated rings. The highest BCUT2D eigenvalue weighted by molar-refractivity contribution is 5.76. The fourth-order valence-corrected chi connectivity index (χ4v) is 1.82. The molecule has 0 amide bonds. The Balaban J connectivity index is 2.21. The predicted molar refractivity (Wildman–Crippen MR) is 57.1 cm³/mol. The number of ether oxygens (including phenoxy) is 2. The van der Waals surface area contributed by atoms with Gasteiger partial charge < -0.3 is 13.9 Å². The third-order valence-corrected chi connectivity index (χ3v) is 2.64. The molecule has 2 heterocycles. The molecule has 0 aliphatic carbocycles. The molecule has 5 heteroatoms. The summed E-state index contributed by atoms with van der Waals surface area (Å²) in [4.78, 5) is 12.1. The quantitative estimate of drug-likeness (QED) is 0.759. The lowest BCUT2D eigenvalue weighted by molar-refractivity contribution is -0.0457. The van der Waals surface area contributed by atoms with Gasteiger partial charge in [-0.05, 0) is 18.2 Å². The summed E-state index contributed by atoms with van der Waals surface area (Å²) < 4.78 is 28.8. The van der Waals surface area contributed by atoms with E-state index in [4.69, 9.17) is 13.9 Å². The second-order valence-corrected chi connectivity index (χ2v) is 3.73. The fourth-order valence-electron chi connectivity index (χ4n) is 1.82. The lowest BCUT2D eigenvalue weighted by Gasteiger charge is -2.08. The highest BCUT2D eigenvalue weighted by Crippen LogP contribution is 2.22. The molecule has 1 saturated heterocycles. The first-order valence-corrected chi connectivity index (χ1v) is 5.20. The Labute approximate surface area is 95.6 Å². The maximum Gasteiger partial charge on any atom is 0.201 e. The minimum atomic E-state index is -0.709. The van der Waals surface area contributed by atoms with Crippen LogP contribution in [0.1, 0.15) is 11.9 Å². The van der Waals surface area contributed by atoms with E-state index in [1.54, 1.807) is 0 Å². The lowest BCUT2D eigenvalue weighted by atomic mass is 10.1. The van der Waals surface area contributed by atoms with Crippen LogP contribution < -0.4 is 5.43 Å². The van der Waals surface area contributed by atoms with Crippen molar-refractivity contribution in [1.82, 2.24) is 0 Å². The topological polar surface area (TPSA) is 48.7 Å². The second-order valence-electron chi connectivity index (χ2n) is 3.73. The number of rotatable bonds is 1. The van der Waals surface area contributed by atoms with Gasteiger partial charge in [0.05, 0.1) is 24.2 Å². The van der Waals surface area contributed by atoms with Crippen molar-refractivity contribution in [2.24, 2.45) is 0 Å². The standard InChI is InChI=1S/C12H9FO4/c13-7-1-2-10-8(5-7)11(14)9(6-17-10)12-15-3-4-16-12/h1-2,5-6,12H,3-4H2. The van der Waals surface area contributed by atoms with Gasteiger partial charge in [0.25, 0.3) is 0 Å². The van der Waals surface area contributed by atoms with Crippen LogP contribution in [0, 0.1) is 5.82 Å². The van der Waals surface area contributed by atoms with E-state index in [-0.39, 0.29) is 16.4 Å². The molecule has 0 N–H and O–H groups in total. The molecule has 17 heavy (non-hydrogen) atoms. The van der Waals surface area contributed by atoms with Crippen LogP contribution in [0.25, 0.3) is 11.0 Å². The van der Waals surface area contributed by atoms with Crippen molar-refractivity contribution in [2.75, 3.05) is 13.2 Å². The van der Waals surface area contributed by atoms with Gasteiger partial charge in [0, 0.05) is 0 Å². The molecule has 0 saturated carbocycles. The highest BCUT2D eigenvalue weighted by Gasteiger charge is 2.23. The molecule has 88 valence electrons. The van der Waals surface area contributed by atoms with E-state index in [0.29, 0.717) is 18.8 Å². The molecule has 3 rings (SSSR count). The van der Waals surface area contributed by atoms with Gasteiger partial charge in [-0.25, -0.2) is 4.39 Å². The predicted octanol–water partition coefficient (Wildman–Crippen LogP) is 1.98. The molecule has 1 aromatic heterocycles. The maximum atomic E-state index is 13.1. The average molecular weight is 236 g/mol. The van der Waals surface area contributed by atoms with Crippen molar-refractivity contribution in [1.29, 1.82) is 0 Å². The monoisotopic (exact) mass is 236 g/mol. The summed E-state index contributed by atoms with van der Waals surface area (Å²) in [7, 11) is 0. The third-order valence-electron chi connectivity index (χ3n) is 2.64. The number of halogens is 1. The summed E-state index contributed by atoms with van der Waals surface area (Å²) in [5, 5.41) is 0.196. The van der Waals surface area contributed by atoms with E-state index < -0.39 is 12.1 Å². The van der Waals surface area contributed by atoms with E-state index in [2.05, 4.69) is 0 Å². The van der Waals surface area contributed by atoms with Crippen LogP contribution in [-0.4, -0.2) is 13.2 Å². The molecule has 0 spiro atoms. The van der Waals surface area contributed by atoms with E-state index in [9.17, 15) is 9.18 Å². The minimum absolute atomic E-state index is 0.196. The molecule has 1 aliphatic heterocycles. The van der Waals surface area contributed by atoms with Crippen LogP contribution in [0.2, 0.25) is 0 Å². The molecule has 1 aromatic carbocycles. The van der Waals surface area contributed by atoms with Crippen LogP contribution in [0.4, 0.5) is 4.39 Å². The third kappa shape index (κ3) is 1.73. The number of benzene rings is 1. The Morgan fingerprint density at radius 2 is 2.00 bits per heavy atom. The van der Waals surface area contributed by atoms with Crippen LogP contribution >= 0.6 is 0 Å². The summed E-state index contributed by atoms with van der Waals surface area (Å²) in [6.45, 7) is 0.872. The summed E-state index contributed by atoms with van der Waals surface area (Å²) >= 11 is 0. The van der Waals surface area contributed by atoms with Gasteiger partial charge >= 0.3 is 0 Å². The fraction of sp³-hybridized carbons (Fsp3) is 0.250. The Bertz CT molecular complexity index is 613. The van der Waals surface area contributed by atoms with E-state index in [1.807, 2.05) is 0 Å². The molecule has 0 atom stereocenters. The molecular weight excluding hydrogens is 227 g/mol. The normalized spacial score (nSPS) is 16.8. The number of hydrogen-bond acceptors (Lipinski definition) is 4. The molecule has 0 bridgehead atoms. The SMILES string of the molecule is O=c1c(C2OCCO2)coc2ccc(F)cc12. The van der Waals surface area contributed by atoms with Crippen molar-refractivity contribution in [3.05, 3.63) is 46.1 Å². The van der Waals surface area contributed by atoms with Crippen molar-refractivity contribution < 1.29 is 18.3 Å². The summed E-state index contributed by atoms with van der Waals surface area (Å²) in [5.74, 6) is -0.477. The summed E-state index contributed by atoms with van der Waals surface area (Å²) in [5.41, 5.74) is 0.288. The van der Waals surface area contributed by atoms with Gasteiger partial charge in [0.2, 0.25) is 5.43 Å². The molecule has 2 aromatic rings. The zero-order valence-electron chi connectivity index (χ0n) is 8.81. The first kappa shape index (κ1) is 10.4. The highest BCUT2D eigenvalue weighted by atomic mass is 19.1. The molecule has 4 nitrogen and oxygen atoms in total. The van der Waals surface area contributed by atoms with E-state index in [0.717, 1.165) is 6.07 Å². The van der Waals surface area contributed by atoms with Crippen molar-refractivity contribution in [3.63, 3.8) is 0 Å². The average Bonchev–Trinajstić information content (AvgIpc) is 2.84. The Hall–Kier alpha value is -1.72. The zero-order valence-corrected chi connectivity index (χ0v) is 8.81. The lowest BCUT2D eigenvalue weighted by Crippen LogP contribution is -2.14. The van der Waals surface area contributed by atoms with Crippen LogP contribution in [-0.2, 0) is 9.47 Å². The van der Waals surface area contributed by atoms with Crippen LogP contribution in [0.3, 0.4) is 0 Å². The van der Waals surface area contributed by atoms with Gasteiger partial charge in [-0.2, -0.15) is 0 Å². The Kier molecular flexibility index (Phi) is 2.42. The minimum Gasteiger partial charge on any atom is -0.464 e. The maximum absolute atomic E-state index is 13.1. The summed E-state index contributed by atoms with van der Waals surface area (Å²) in [6, 6.07) is 3.82. The molecule has 0 radical (unpaired) electrons. The number of fused-ring (bicyclic) bond motifs is 1. The van der Waals surface area contributed by atoms with Gasteiger partial charge in [-0.3, -0.25) is 4.79 Å². The van der Waals surface area contributed by atoms with Gasteiger partial charge in [0.1, 0.15) is 17.7 Å². The largest absolute Gasteiger partial charge is 0.464 e. The van der Waals surface area contributed by atoms with Crippen LogP contribution in [0.15, 0.2) is 33.7 Å². The second kappa shape index (κ2) is 3.94. The Morgan fingerprint density at radius 1 is 1.24 bits per heavy atom. The van der Waals surface area contributed by atoms with E-state index in [1.165, 1.54) is 18.4 Å². The van der Waals surface area contributed by atoms with Crippen molar-refractivity contribution in [2.45, 2.75) is 6.29 Å². The van der Waals surface area contributed by atoms with Gasteiger partial charge in [-0.1, -0.05) is 0 Å². The first-order chi connectivity index (χ1) is 8.25. The van der Waals surface area contributed by atoms with Crippen LogP contribution in [0.5, 0.6) is 0 Å². The zero-order chi connectivity index (χ0) is 11.8. The van der Waals surface area contributed by atoms with Crippen molar-refractivity contribution >= 4 is 11.0 Å². The molecule has 1 aliphatic rings. The van der Waals surface area contributed by atoms with E-state index >= 15 is 0 Å². The Morgan fingerprint density at radius 3 is 2.76 bits per heavy atom. The molecule has 0 unspecified atom stereocenters. The molecular formula is C12H9FO4.